The molecular formula is C16H23FO10. The van der Waals surface area contributed by atoms with Gasteiger partial charge in [0.15, 0.2) is 24.4 Å². The zero-order valence-electron chi connectivity index (χ0n) is 15.7. The van der Waals surface area contributed by atoms with Gasteiger partial charge >= 0.3 is 29.8 Å². The summed E-state index contributed by atoms with van der Waals surface area (Å²) in [5.74, 6) is -4.26. The first kappa shape index (κ1) is 24.3. The molecule has 0 fully saturated rings. The molecule has 4 atom stereocenters. The van der Waals surface area contributed by atoms with Crippen LogP contribution in [-0.4, -0.2) is 67.5 Å². The predicted octanol–water partition coefficient (Wildman–Crippen LogP) is 0.246. The van der Waals surface area contributed by atoms with Crippen LogP contribution in [0.1, 0.15) is 34.6 Å². The Balaban J connectivity index is 5.96. The van der Waals surface area contributed by atoms with Crippen LogP contribution in [0, 0.1) is 0 Å². The van der Waals surface area contributed by atoms with E-state index in [-0.39, 0.29) is 0 Å². The Morgan fingerprint density at radius 2 is 1.00 bits per heavy atom. The third kappa shape index (κ3) is 10.1. The highest BCUT2D eigenvalue weighted by atomic mass is 19.1. The highest BCUT2D eigenvalue weighted by Crippen LogP contribution is 2.20. The quantitative estimate of drug-likeness (QED) is 0.375. The molecule has 154 valence electrons. The van der Waals surface area contributed by atoms with Gasteiger partial charge in [0.05, 0.1) is 0 Å². The monoisotopic (exact) mass is 394 g/mol. The second-order valence-electron chi connectivity index (χ2n) is 5.40. The van der Waals surface area contributed by atoms with E-state index in [1.807, 2.05) is 0 Å². The minimum Gasteiger partial charge on any atom is -0.462 e. The van der Waals surface area contributed by atoms with Crippen LogP contribution in [0.2, 0.25) is 0 Å². The zero-order chi connectivity index (χ0) is 21.1. The molecule has 10 nitrogen and oxygen atoms in total. The van der Waals surface area contributed by atoms with E-state index in [0.29, 0.717) is 0 Å². The van der Waals surface area contributed by atoms with Gasteiger partial charge in [0.1, 0.15) is 13.3 Å². The van der Waals surface area contributed by atoms with E-state index in [1.54, 1.807) is 0 Å². The van der Waals surface area contributed by atoms with Gasteiger partial charge in [0.2, 0.25) is 0 Å². The molecular weight excluding hydrogens is 371 g/mol. The Kier molecular flexibility index (Phi) is 10.6. The van der Waals surface area contributed by atoms with Crippen molar-refractivity contribution in [3.05, 3.63) is 0 Å². The van der Waals surface area contributed by atoms with Crippen LogP contribution in [0.3, 0.4) is 0 Å². The lowest BCUT2D eigenvalue weighted by molar-refractivity contribution is -0.203. The van der Waals surface area contributed by atoms with Gasteiger partial charge in [-0.05, 0) is 0 Å². The summed E-state index contributed by atoms with van der Waals surface area (Å²) < 4.78 is 38.0. The molecule has 0 bridgehead atoms. The first-order chi connectivity index (χ1) is 12.5. The van der Waals surface area contributed by atoms with Gasteiger partial charge in [0, 0.05) is 34.6 Å². The molecule has 0 aliphatic heterocycles. The van der Waals surface area contributed by atoms with Crippen LogP contribution in [0.25, 0.3) is 0 Å². The molecule has 0 saturated heterocycles. The Morgan fingerprint density at radius 3 is 1.33 bits per heavy atom. The van der Waals surface area contributed by atoms with Gasteiger partial charge in [-0.2, -0.15) is 0 Å². The van der Waals surface area contributed by atoms with Crippen molar-refractivity contribution in [3.8, 4) is 0 Å². The standard InChI is InChI=1S/C16H23FO10/c1-8(18)23-7-14(25-10(3)20)16(27-12(5)22)15(26-11(4)21)13(6-17)24-9(2)19/h13-16H,6-7H2,1-5H3/t13-,14+,15-,16-/m1/s1. The van der Waals surface area contributed by atoms with Crippen molar-refractivity contribution in [2.24, 2.45) is 0 Å². The van der Waals surface area contributed by atoms with E-state index in [4.69, 9.17) is 23.7 Å². The van der Waals surface area contributed by atoms with E-state index in [1.165, 1.54) is 0 Å². The number of rotatable bonds is 10. The average molecular weight is 394 g/mol. The Hall–Kier alpha value is -2.72. The van der Waals surface area contributed by atoms with E-state index in [9.17, 15) is 28.4 Å². The number of ether oxygens (including phenoxy) is 5. The second kappa shape index (κ2) is 11.8. The number of carbonyl (C=O) groups excluding carboxylic acids is 5. The fraction of sp³-hybridized carbons (Fsp3) is 0.688. The Labute approximate surface area is 155 Å². The minimum absolute atomic E-state index is 0.580. The minimum atomic E-state index is -1.67. The maximum absolute atomic E-state index is 13.5. The number of esters is 5. The summed E-state index contributed by atoms with van der Waals surface area (Å²) in [6, 6.07) is 0. The third-order valence-corrected chi connectivity index (χ3v) is 2.90. The molecule has 0 aromatic rings. The fourth-order valence-electron chi connectivity index (χ4n) is 2.10. The molecule has 27 heavy (non-hydrogen) atoms. The molecule has 0 rings (SSSR count). The van der Waals surface area contributed by atoms with Gasteiger partial charge in [-0.3, -0.25) is 24.0 Å². The number of hydrogen-bond acceptors (Lipinski definition) is 10. The molecule has 0 spiro atoms. The van der Waals surface area contributed by atoms with Gasteiger partial charge in [-0.25, -0.2) is 4.39 Å². The molecule has 0 saturated carbocycles. The summed E-state index contributed by atoms with van der Waals surface area (Å²) in [5, 5.41) is 0. The Morgan fingerprint density at radius 1 is 0.630 bits per heavy atom. The molecule has 0 aliphatic carbocycles. The van der Waals surface area contributed by atoms with Crippen molar-refractivity contribution in [1.29, 1.82) is 0 Å². The molecule has 0 aromatic carbocycles. The van der Waals surface area contributed by atoms with Crippen LogP contribution in [-0.2, 0) is 47.7 Å². The summed E-state index contributed by atoms with van der Waals surface area (Å²) in [5.41, 5.74) is 0. The van der Waals surface area contributed by atoms with Crippen molar-refractivity contribution >= 4 is 29.8 Å². The summed E-state index contributed by atoms with van der Waals surface area (Å²) >= 11 is 0. The summed E-state index contributed by atoms with van der Waals surface area (Å²) in [6.45, 7) is 3.23. The number of hydrogen-bond donors (Lipinski definition) is 0. The molecule has 0 N–H and O–H groups in total. The molecule has 0 aromatic heterocycles. The van der Waals surface area contributed by atoms with Crippen LogP contribution in [0.5, 0.6) is 0 Å². The van der Waals surface area contributed by atoms with Crippen LogP contribution >= 0.6 is 0 Å². The first-order valence-electron chi connectivity index (χ1n) is 7.86. The predicted molar refractivity (Wildman–Crippen MR) is 84.8 cm³/mol. The Bertz CT molecular complexity index is 561. The molecule has 0 radical (unpaired) electrons. The summed E-state index contributed by atoms with van der Waals surface area (Å²) in [4.78, 5) is 56.6. The van der Waals surface area contributed by atoms with Crippen LogP contribution < -0.4 is 0 Å². The van der Waals surface area contributed by atoms with Crippen molar-refractivity contribution in [2.45, 2.75) is 59.0 Å². The molecule has 0 amide bonds. The van der Waals surface area contributed by atoms with Gasteiger partial charge in [-0.1, -0.05) is 0 Å². The van der Waals surface area contributed by atoms with Gasteiger partial charge in [0.25, 0.3) is 0 Å². The highest BCUT2D eigenvalue weighted by molar-refractivity contribution is 5.69. The van der Waals surface area contributed by atoms with E-state index in [2.05, 4.69) is 0 Å². The fourth-order valence-corrected chi connectivity index (χ4v) is 2.10. The molecule has 11 heteroatoms. The van der Waals surface area contributed by atoms with Crippen molar-refractivity contribution < 1.29 is 52.0 Å². The molecule has 0 unspecified atom stereocenters. The maximum Gasteiger partial charge on any atom is 0.303 e. The molecule has 0 heterocycles. The smallest absolute Gasteiger partial charge is 0.303 e. The first-order valence-corrected chi connectivity index (χ1v) is 7.86. The topological polar surface area (TPSA) is 132 Å². The molecule has 0 aliphatic rings. The SMILES string of the molecule is CC(=O)OC[C@H](OC(C)=O)[C@@H](OC(C)=O)[C@H](OC(C)=O)[C@@H](CF)OC(C)=O. The zero-order valence-corrected chi connectivity index (χ0v) is 15.7. The van der Waals surface area contributed by atoms with E-state index in [0.717, 1.165) is 34.6 Å². The van der Waals surface area contributed by atoms with Crippen LogP contribution in [0.4, 0.5) is 4.39 Å². The number of alkyl halides is 1. The number of halogens is 1. The van der Waals surface area contributed by atoms with Crippen molar-refractivity contribution in [2.75, 3.05) is 13.3 Å². The summed E-state index contributed by atoms with van der Waals surface area (Å²) in [6.07, 6.45) is -6.40. The summed E-state index contributed by atoms with van der Waals surface area (Å²) in [7, 11) is 0. The second-order valence-corrected chi connectivity index (χ2v) is 5.40. The maximum atomic E-state index is 13.5. The van der Waals surface area contributed by atoms with Gasteiger partial charge in [-0.15, -0.1) is 0 Å². The van der Waals surface area contributed by atoms with E-state index >= 15 is 0 Å². The van der Waals surface area contributed by atoms with Crippen molar-refractivity contribution in [1.82, 2.24) is 0 Å². The van der Waals surface area contributed by atoms with E-state index < -0.39 is 67.5 Å². The third-order valence-electron chi connectivity index (χ3n) is 2.90. The average Bonchev–Trinajstić information content (AvgIpc) is 2.51. The highest BCUT2D eigenvalue weighted by Gasteiger charge is 2.43. The van der Waals surface area contributed by atoms with Crippen LogP contribution in [0.15, 0.2) is 0 Å². The number of carbonyl (C=O) groups is 5. The lowest BCUT2D eigenvalue weighted by Gasteiger charge is -2.34. The largest absolute Gasteiger partial charge is 0.462 e. The lowest BCUT2D eigenvalue weighted by Crippen LogP contribution is -2.53. The van der Waals surface area contributed by atoms with Crippen molar-refractivity contribution in [3.63, 3.8) is 0 Å². The van der Waals surface area contributed by atoms with Gasteiger partial charge < -0.3 is 23.7 Å². The lowest BCUT2D eigenvalue weighted by atomic mass is 10.0. The normalized spacial score (nSPS) is 14.7.